The smallest absolute Gasteiger partial charge is 0.266 e. The summed E-state index contributed by atoms with van der Waals surface area (Å²) >= 11 is 1.58. The van der Waals surface area contributed by atoms with Crippen molar-refractivity contribution in [2.75, 3.05) is 11.9 Å². The van der Waals surface area contributed by atoms with Gasteiger partial charge in [-0.3, -0.25) is 14.4 Å². The van der Waals surface area contributed by atoms with Gasteiger partial charge in [-0.1, -0.05) is 0 Å². The highest BCUT2D eigenvalue weighted by molar-refractivity contribution is 7.14. The molecular formula is C18H20N4O2S. The topological polar surface area (TPSA) is 63.3 Å². The van der Waals surface area contributed by atoms with Gasteiger partial charge in [0.1, 0.15) is 5.82 Å². The van der Waals surface area contributed by atoms with Crippen LogP contribution in [0.1, 0.15) is 39.0 Å². The highest BCUT2D eigenvalue weighted by Crippen LogP contribution is 2.37. The SMILES string of the molecule is Cn1nccc1NC(=O)c1ccc([C@H]2CCCN2Cc2ccoc2)s1. The maximum Gasteiger partial charge on any atom is 0.266 e. The van der Waals surface area contributed by atoms with Crippen LogP contribution < -0.4 is 5.32 Å². The van der Waals surface area contributed by atoms with Crippen molar-refractivity contribution in [2.45, 2.75) is 25.4 Å². The van der Waals surface area contributed by atoms with E-state index in [1.807, 2.05) is 19.2 Å². The normalized spacial score (nSPS) is 17.9. The van der Waals surface area contributed by atoms with Crippen molar-refractivity contribution in [1.29, 1.82) is 0 Å². The molecule has 0 unspecified atom stereocenters. The standard InChI is InChI=1S/C18H20N4O2S/c1-21-17(6-8-19-21)20-18(23)16-5-4-15(25-16)14-3-2-9-22(14)11-13-7-10-24-12-13/h4-8,10,12,14H,2-3,9,11H2,1H3,(H,20,23)/t14-/m1/s1. The van der Waals surface area contributed by atoms with Crippen LogP contribution in [0.2, 0.25) is 0 Å². The Hall–Kier alpha value is -2.38. The summed E-state index contributed by atoms with van der Waals surface area (Å²) in [7, 11) is 1.81. The van der Waals surface area contributed by atoms with Crippen LogP contribution in [0.4, 0.5) is 5.82 Å². The van der Waals surface area contributed by atoms with Crippen molar-refractivity contribution in [3.63, 3.8) is 0 Å². The molecule has 25 heavy (non-hydrogen) atoms. The van der Waals surface area contributed by atoms with E-state index < -0.39 is 0 Å². The minimum absolute atomic E-state index is 0.0840. The molecule has 4 heterocycles. The summed E-state index contributed by atoms with van der Waals surface area (Å²) in [4.78, 5) is 16.9. The molecule has 1 amide bonds. The molecule has 3 aromatic rings. The molecule has 1 fully saturated rings. The second-order valence-corrected chi connectivity index (χ2v) is 7.37. The monoisotopic (exact) mass is 356 g/mol. The minimum Gasteiger partial charge on any atom is -0.472 e. The van der Waals surface area contributed by atoms with Gasteiger partial charge in [-0.2, -0.15) is 5.10 Å². The number of carbonyl (C=O) groups is 1. The van der Waals surface area contributed by atoms with Gasteiger partial charge >= 0.3 is 0 Å². The minimum atomic E-state index is -0.0840. The lowest BCUT2D eigenvalue weighted by Gasteiger charge is -2.22. The summed E-state index contributed by atoms with van der Waals surface area (Å²) in [6.45, 7) is 1.96. The third-order valence-electron chi connectivity index (χ3n) is 4.57. The van der Waals surface area contributed by atoms with Crippen molar-refractivity contribution in [2.24, 2.45) is 7.05 Å². The van der Waals surface area contributed by atoms with Gasteiger partial charge in [0.25, 0.3) is 5.91 Å². The van der Waals surface area contributed by atoms with E-state index in [4.69, 9.17) is 4.42 Å². The molecule has 0 aliphatic carbocycles. The number of carbonyl (C=O) groups excluding carboxylic acids is 1. The molecule has 1 N–H and O–H groups in total. The summed E-state index contributed by atoms with van der Waals surface area (Å²) in [5.41, 5.74) is 1.19. The molecule has 0 aromatic carbocycles. The maximum atomic E-state index is 12.5. The van der Waals surface area contributed by atoms with Crippen LogP contribution >= 0.6 is 11.3 Å². The number of nitrogens with zero attached hydrogens (tertiary/aromatic N) is 3. The first-order chi connectivity index (χ1) is 12.2. The van der Waals surface area contributed by atoms with E-state index in [2.05, 4.69) is 21.4 Å². The first-order valence-corrected chi connectivity index (χ1v) is 9.16. The van der Waals surface area contributed by atoms with Crippen molar-refractivity contribution >= 4 is 23.1 Å². The van der Waals surface area contributed by atoms with Crippen molar-refractivity contribution in [3.8, 4) is 0 Å². The lowest BCUT2D eigenvalue weighted by molar-refractivity contribution is 0.102. The first kappa shape index (κ1) is 16.1. The second kappa shape index (κ2) is 6.85. The van der Waals surface area contributed by atoms with Crippen molar-refractivity contribution in [3.05, 3.63) is 58.3 Å². The Morgan fingerprint density at radius 2 is 2.32 bits per heavy atom. The van der Waals surface area contributed by atoms with Gasteiger partial charge in [0.15, 0.2) is 0 Å². The lowest BCUT2D eigenvalue weighted by Crippen LogP contribution is -2.21. The Labute approximate surface area is 150 Å². The Bertz CT molecular complexity index is 852. The number of amides is 1. The number of aromatic nitrogens is 2. The number of hydrogen-bond acceptors (Lipinski definition) is 5. The molecule has 1 aliphatic rings. The van der Waals surface area contributed by atoms with Crippen molar-refractivity contribution < 1.29 is 9.21 Å². The summed E-state index contributed by atoms with van der Waals surface area (Å²) in [6.07, 6.45) is 7.49. The zero-order valence-electron chi connectivity index (χ0n) is 14.0. The van der Waals surface area contributed by atoms with Crippen LogP contribution in [0.25, 0.3) is 0 Å². The highest BCUT2D eigenvalue weighted by Gasteiger charge is 2.28. The summed E-state index contributed by atoms with van der Waals surface area (Å²) < 4.78 is 6.83. The zero-order chi connectivity index (χ0) is 17.2. The van der Waals surface area contributed by atoms with Crippen LogP contribution in [0.3, 0.4) is 0 Å². The molecule has 130 valence electrons. The zero-order valence-corrected chi connectivity index (χ0v) is 14.8. The number of nitrogens with one attached hydrogen (secondary N) is 1. The third kappa shape index (κ3) is 3.38. The second-order valence-electron chi connectivity index (χ2n) is 6.26. The van der Waals surface area contributed by atoms with Crippen LogP contribution in [0, 0.1) is 0 Å². The summed E-state index contributed by atoms with van der Waals surface area (Å²) in [5.74, 6) is 0.613. The summed E-state index contributed by atoms with van der Waals surface area (Å²) in [5, 5.41) is 6.97. The van der Waals surface area contributed by atoms with Gasteiger partial charge in [0.2, 0.25) is 0 Å². The molecule has 1 atom stereocenters. The largest absolute Gasteiger partial charge is 0.472 e. The van der Waals surface area contributed by atoms with Gasteiger partial charge in [-0.25, -0.2) is 0 Å². The van der Waals surface area contributed by atoms with E-state index in [1.165, 1.54) is 16.9 Å². The molecule has 7 heteroatoms. The fourth-order valence-corrected chi connectivity index (χ4v) is 4.36. The van der Waals surface area contributed by atoms with E-state index in [9.17, 15) is 4.79 Å². The Balaban J connectivity index is 1.46. The number of rotatable bonds is 5. The van der Waals surface area contributed by atoms with Gasteiger partial charge in [0.05, 0.1) is 23.6 Å². The van der Waals surface area contributed by atoms with Crippen LogP contribution in [0.5, 0.6) is 0 Å². The Kier molecular flexibility index (Phi) is 4.42. The Morgan fingerprint density at radius 1 is 1.40 bits per heavy atom. The van der Waals surface area contributed by atoms with Crippen LogP contribution in [-0.4, -0.2) is 27.1 Å². The van der Waals surface area contributed by atoms with Crippen LogP contribution in [-0.2, 0) is 13.6 Å². The Morgan fingerprint density at radius 3 is 3.08 bits per heavy atom. The molecular weight excluding hydrogens is 336 g/mol. The molecule has 4 rings (SSSR count). The number of thiophene rings is 1. The molecule has 1 saturated heterocycles. The van der Waals surface area contributed by atoms with Gasteiger partial charge in [-0.05, 0) is 37.6 Å². The molecule has 6 nitrogen and oxygen atoms in total. The molecule has 0 radical (unpaired) electrons. The predicted octanol–water partition coefficient (Wildman–Crippen LogP) is 3.66. The van der Waals surface area contributed by atoms with E-state index in [1.54, 1.807) is 40.8 Å². The number of likely N-dealkylation sites (tertiary alicyclic amines) is 1. The van der Waals surface area contributed by atoms with E-state index >= 15 is 0 Å². The highest BCUT2D eigenvalue weighted by atomic mass is 32.1. The molecule has 0 spiro atoms. The van der Waals surface area contributed by atoms with Gasteiger partial charge < -0.3 is 9.73 Å². The van der Waals surface area contributed by atoms with Crippen molar-refractivity contribution in [1.82, 2.24) is 14.7 Å². The number of aryl methyl sites for hydroxylation is 1. The molecule has 3 aromatic heterocycles. The average Bonchev–Trinajstić information content (AvgIpc) is 3.36. The number of hydrogen-bond donors (Lipinski definition) is 1. The predicted molar refractivity (Wildman–Crippen MR) is 96.6 cm³/mol. The fraction of sp³-hybridized carbons (Fsp3) is 0.333. The maximum absolute atomic E-state index is 12.5. The molecule has 0 bridgehead atoms. The number of furan rings is 1. The average molecular weight is 356 g/mol. The van der Waals surface area contributed by atoms with Gasteiger partial charge in [-0.15, -0.1) is 11.3 Å². The van der Waals surface area contributed by atoms with Crippen LogP contribution in [0.15, 0.2) is 47.4 Å². The molecule has 1 aliphatic heterocycles. The molecule has 0 saturated carbocycles. The first-order valence-electron chi connectivity index (χ1n) is 8.35. The fourth-order valence-electron chi connectivity index (χ4n) is 3.28. The third-order valence-corrected chi connectivity index (χ3v) is 5.76. The van der Waals surface area contributed by atoms with Gasteiger partial charge in [0, 0.05) is 36.1 Å². The van der Waals surface area contributed by atoms with E-state index in [0.717, 1.165) is 24.4 Å². The lowest BCUT2D eigenvalue weighted by atomic mass is 10.2. The van der Waals surface area contributed by atoms with E-state index in [-0.39, 0.29) is 5.91 Å². The summed E-state index contributed by atoms with van der Waals surface area (Å²) in [6, 6.07) is 8.17. The van der Waals surface area contributed by atoms with E-state index in [0.29, 0.717) is 11.9 Å². The number of anilines is 1. The quantitative estimate of drug-likeness (QED) is 0.758.